The van der Waals surface area contributed by atoms with Crippen LogP contribution >= 0.6 is 11.6 Å². The Balaban J connectivity index is 2.96. The van der Waals surface area contributed by atoms with Gasteiger partial charge in [-0.1, -0.05) is 11.6 Å². The molecule has 0 amide bonds. The molecule has 1 unspecified atom stereocenters. The van der Waals surface area contributed by atoms with Gasteiger partial charge in [-0.3, -0.25) is 9.48 Å². The minimum absolute atomic E-state index is 0.443. The van der Waals surface area contributed by atoms with Gasteiger partial charge in [0.25, 0.3) is 0 Å². The Bertz CT molecular complexity index is 289. The minimum atomic E-state index is -0.898. The molecule has 1 N–H and O–H groups in total. The van der Waals surface area contributed by atoms with E-state index in [1.807, 2.05) is 0 Å². The molecule has 5 heteroatoms. The second-order valence-electron chi connectivity index (χ2n) is 2.58. The second kappa shape index (κ2) is 3.15. The molecular weight excluding hydrogens is 180 g/mol. The first kappa shape index (κ1) is 9.06. The van der Waals surface area contributed by atoms with Crippen molar-refractivity contribution in [3.8, 4) is 0 Å². The van der Waals surface area contributed by atoms with Crippen molar-refractivity contribution in [1.29, 1.82) is 0 Å². The van der Waals surface area contributed by atoms with Crippen molar-refractivity contribution in [2.24, 2.45) is 7.05 Å². The zero-order valence-electron chi connectivity index (χ0n) is 6.78. The Kier molecular flexibility index (Phi) is 2.38. The largest absolute Gasteiger partial charge is 0.481 e. The van der Waals surface area contributed by atoms with Gasteiger partial charge in [-0.15, -0.1) is 0 Å². The molecule has 0 spiro atoms. The van der Waals surface area contributed by atoms with Crippen LogP contribution in [0.3, 0.4) is 0 Å². The maximum absolute atomic E-state index is 10.5. The third-order valence-electron chi connectivity index (χ3n) is 1.66. The summed E-state index contributed by atoms with van der Waals surface area (Å²) in [4.78, 5) is 10.5. The molecule has 0 aliphatic heterocycles. The molecule has 1 rings (SSSR count). The standard InChI is InChI=1S/C7H9ClN2O2/c1-4(7(11)12)5-3-6(8)10(2)9-5/h3-4H,1-2H3,(H,11,12). The highest BCUT2D eigenvalue weighted by Crippen LogP contribution is 2.17. The highest BCUT2D eigenvalue weighted by molar-refractivity contribution is 6.29. The smallest absolute Gasteiger partial charge is 0.312 e. The molecular formula is C7H9ClN2O2. The first-order chi connectivity index (χ1) is 5.52. The van der Waals surface area contributed by atoms with Crippen LogP contribution in [0.1, 0.15) is 18.5 Å². The number of hydrogen-bond donors (Lipinski definition) is 1. The van der Waals surface area contributed by atoms with Gasteiger partial charge < -0.3 is 5.11 Å². The van der Waals surface area contributed by atoms with Crippen LogP contribution in [0.4, 0.5) is 0 Å². The Morgan fingerprint density at radius 3 is 2.75 bits per heavy atom. The molecule has 0 saturated carbocycles. The number of carboxylic acid groups (broad SMARTS) is 1. The summed E-state index contributed by atoms with van der Waals surface area (Å²) in [6.45, 7) is 1.57. The van der Waals surface area contributed by atoms with Crippen LogP contribution in [0.2, 0.25) is 5.15 Å². The molecule has 66 valence electrons. The third kappa shape index (κ3) is 1.58. The third-order valence-corrected chi connectivity index (χ3v) is 2.01. The molecule has 0 aromatic carbocycles. The van der Waals surface area contributed by atoms with Crippen LogP contribution in [0.15, 0.2) is 6.07 Å². The summed E-state index contributed by atoms with van der Waals surface area (Å²) in [7, 11) is 1.67. The molecule has 0 saturated heterocycles. The normalized spacial score (nSPS) is 12.9. The molecule has 0 radical (unpaired) electrons. The molecule has 0 fully saturated rings. The highest BCUT2D eigenvalue weighted by atomic mass is 35.5. The van der Waals surface area contributed by atoms with Crippen LogP contribution in [-0.4, -0.2) is 20.9 Å². The lowest BCUT2D eigenvalue weighted by Crippen LogP contribution is -2.08. The topological polar surface area (TPSA) is 55.1 Å². The van der Waals surface area contributed by atoms with Crippen LogP contribution < -0.4 is 0 Å². The molecule has 0 aliphatic rings. The van der Waals surface area contributed by atoms with Crippen LogP contribution in [-0.2, 0) is 11.8 Å². The number of nitrogens with zero attached hydrogens (tertiary/aromatic N) is 2. The highest BCUT2D eigenvalue weighted by Gasteiger charge is 2.17. The average molecular weight is 189 g/mol. The van der Waals surface area contributed by atoms with E-state index in [4.69, 9.17) is 16.7 Å². The number of hydrogen-bond acceptors (Lipinski definition) is 2. The Morgan fingerprint density at radius 1 is 1.83 bits per heavy atom. The number of rotatable bonds is 2. The zero-order chi connectivity index (χ0) is 9.30. The van der Waals surface area contributed by atoms with Crippen molar-refractivity contribution in [2.45, 2.75) is 12.8 Å². The van der Waals surface area contributed by atoms with E-state index in [2.05, 4.69) is 5.10 Å². The fourth-order valence-electron chi connectivity index (χ4n) is 0.803. The van der Waals surface area contributed by atoms with Gasteiger partial charge in [-0.05, 0) is 13.0 Å². The summed E-state index contributed by atoms with van der Waals surface area (Å²) in [5.74, 6) is -1.51. The number of carboxylic acids is 1. The van der Waals surface area contributed by atoms with E-state index in [-0.39, 0.29) is 0 Å². The van der Waals surface area contributed by atoms with Crippen molar-refractivity contribution in [1.82, 2.24) is 9.78 Å². The van der Waals surface area contributed by atoms with Crippen LogP contribution in [0.5, 0.6) is 0 Å². The van der Waals surface area contributed by atoms with E-state index in [0.29, 0.717) is 10.8 Å². The minimum Gasteiger partial charge on any atom is -0.481 e. The first-order valence-electron chi connectivity index (χ1n) is 3.44. The molecule has 1 heterocycles. The Hall–Kier alpha value is -1.03. The summed E-state index contributed by atoms with van der Waals surface area (Å²) in [6.07, 6.45) is 0. The molecule has 1 atom stereocenters. The summed E-state index contributed by atoms with van der Waals surface area (Å²) < 4.78 is 1.44. The number of aryl methyl sites for hydroxylation is 1. The van der Waals surface area contributed by atoms with E-state index in [0.717, 1.165) is 0 Å². The summed E-state index contributed by atoms with van der Waals surface area (Å²) in [5, 5.41) is 13.0. The van der Waals surface area contributed by atoms with Gasteiger partial charge in [0.2, 0.25) is 0 Å². The quantitative estimate of drug-likeness (QED) is 0.760. The van der Waals surface area contributed by atoms with Crippen LogP contribution in [0.25, 0.3) is 0 Å². The van der Waals surface area contributed by atoms with E-state index in [9.17, 15) is 4.79 Å². The van der Waals surface area contributed by atoms with Gasteiger partial charge in [-0.25, -0.2) is 0 Å². The SMILES string of the molecule is CC(C(=O)O)c1cc(Cl)n(C)n1. The maximum atomic E-state index is 10.5. The second-order valence-corrected chi connectivity index (χ2v) is 2.96. The van der Waals surface area contributed by atoms with Crippen molar-refractivity contribution in [2.75, 3.05) is 0 Å². The Labute approximate surface area is 74.8 Å². The van der Waals surface area contributed by atoms with Crippen molar-refractivity contribution >= 4 is 17.6 Å². The molecule has 0 aliphatic carbocycles. The van der Waals surface area contributed by atoms with E-state index < -0.39 is 11.9 Å². The molecule has 12 heavy (non-hydrogen) atoms. The lowest BCUT2D eigenvalue weighted by Gasteiger charge is -1.99. The fourth-order valence-corrected chi connectivity index (χ4v) is 0.953. The predicted octanol–water partition coefficient (Wildman–Crippen LogP) is 1.26. The van der Waals surface area contributed by atoms with E-state index in [1.165, 1.54) is 4.68 Å². The van der Waals surface area contributed by atoms with Gasteiger partial charge >= 0.3 is 5.97 Å². The fraction of sp³-hybridized carbons (Fsp3) is 0.429. The zero-order valence-corrected chi connectivity index (χ0v) is 7.54. The number of carbonyl (C=O) groups is 1. The van der Waals surface area contributed by atoms with Gasteiger partial charge in [0.15, 0.2) is 0 Å². The molecule has 1 aromatic heterocycles. The summed E-state index contributed by atoms with van der Waals surface area (Å²) >= 11 is 5.69. The average Bonchev–Trinajstić information content (AvgIpc) is 2.30. The number of halogens is 1. The van der Waals surface area contributed by atoms with Crippen LogP contribution in [0, 0.1) is 0 Å². The first-order valence-corrected chi connectivity index (χ1v) is 3.82. The monoisotopic (exact) mass is 188 g/mol. The number of aliphatic carboxylic acids is 1. The lowest BCUT2D eigenvalue weighted by molar-refractivity contribution is -0.138. The Morgan fingerprint density at radius 2 is 2.42 bits per heavy atom. The van der Waals surface area contributed by atoms with Crippen molar-refractivity contribution < 1.29 is 9.90 Å². The van der Waals surface area contributed by atoms with Crippen molar-refractivity contribution in [3.05, 3.63) is 16.9 Å². The summed E-state index contributed by atoms with van der Waals surface area (Å²) in [6, 6.07) is 1.56. The predicted molar refractivity (Wildman–Crippen MR) is 44.3 cm³/mol. The van der Waals surface area contributed by atoms with Gasteiger partial charge in [0.1, 0.15) is 5.15 Å². The van der Waals surface area contributed by atoms with E-state index >= 15 is 0 Å². The van der Waals surface area contributed by atoms with Gasteiger partial charge in [0.05, 0.1) is 11.6 Å². The lowest BCUT2D eigenvalue weighted by atomic mass is 10.1. The molecule has 4 nitrogen and oxygen atoms in total. The van der Waals surface area contributed by atoms with Gasteiger partial charge in [-0.2, -0.15) is 5.10 Å². The summed E-state index contributed by atoms with van der Waals surface area (Å²) in [5.41, 5.74) is 0.481. The van der Waals surface area contributed by atoms with Crippen molar-refractivity contribution in [3.63, 3.8) is 0 Å². The van der Waals surface area contributed by atoms with E-state index in [1.54, 1.807) is 20.0 Å². The number of aromatic nitrogens is 2. The molecule has 0 bridgehead atoms. The maximum Gasteiger partial charge on any atom is 0.312 e. The van der Waals surface area contributed by atoms with Gasteiger partial charge in [0, 0.05) is 7.05 Å². The molecule has 1 aromatic rings.